The fourth-order valence-electron chi connectivity index (χ4n) is 1.81. The minimum atomic E-state index is -0.341. The number of rotatable bonds is 6. The Bertz CT molecular complexity index is 615. The van der Waals surface area contributed by atoms with Crippen molar-refractivity contribution in [2.24, 2.45) is 0 Å². The van der Waals surface area contributed by atoms with Gasteiger partial charge in [0.1, 0.15) is 17.7 Å². The van der Waals surface area contributed by atoms with E-state index in [0.717, 1.165) is 5.69 Å². The lowest BCUT2D eigenvalue weighted by molar-refractivity contribution is 0.0925. The highest BCUT2D eigenvalue weighted by molar-refractivity contribution is 7.03. The summed E-state index contributed by atoms with van der Waals surface area (Å²) >= 11 is 1.26. The summed E-state index contributed by atoms with van der Waals surface area (Å²) in [6.07, 6.45) is 0.500. The Hall–Kier alpha value is -1.95. The lowest BCUT2D eigenvalue weighted by atomic mass is 10.2. The van der Waals surface area contributed by atoms with Gasteiger partial charge in [0.25, 0.3) is 5.91 Å². The molecule has 1 aromatic heterocycles. The number of ether oxygens (including phenoxy) is 1. The number of aromatic nitrogens is 1. The molecule has 0 saturated carbocycles. The van der Waals surface area contributed by atoms with Crippen molar-refractivity contribution < 1.29 is 13.9 Å². The molecule has 0 aliphatic rings. The van der Waals surface area contributed by atoms with Crippen molar-refractivity contribution >= 4 is 17.4 Å². The third-order valence-electron chi connectivity index (χ3n) is 3.04. The lowest BCUT2D eigenvalue weighted by Gasteiger charge is -2.18. The molecule has 1 amide bonds. The number of aryl methyl sites for hydroxylation is 1. The van der Waals surface area contributed by atoms with Gasteiger partial charge in [0.2, 0.25) is 0 Å². The van der Waals surface area contributed by atoms with Crippen molar-refractivity contribution in [1.82, 2.24) is 9.69 Å². The maximum absolute atomic E-state index is 13.1. The van der Waals surface area contributed by atoms with Crippen LogP contribution in [0.1, 0.15) is 29.4 Å². The zero-order chi connectivity index (χ0) is 15.2. The van der Waals surface area contributed by atoms with E-state index in [2.05, 4.69) is 9.69 Å². The molecule has 112 valence electrons. The molecule has 0 aliphatic carbocycles. The third-order valence-corrected chi connectivity index (χ3v) is 3.76. The Balaban J connectivity index is 1.91. The molecule has 2 rings (SSSR count). The molecule has 0 bridgehead atoms. The van der Waals surface area contributed by atoms with E-state index in [4.69, 9.17) is 4.74 Å². The molecule has 1 N–H and O–H groups in total. The molecule has 1 unspecified atom stereocenters. The van der Waals surface area contributed by atoms with Crippen LogP contribution in [0.25, 0.3) is 0 Å². The number of nitrogens with zero attached hydrogens (tertiary/aromatic N) is 1. The topological polar surface area (TPSA) is 51.2 Å². The van der Waals surface area contributed by atoms with Crippen molar-refractivity contribution in [3.05, 3.63) is 46.7 Å². The van der Waals surface area contributed by atoms with E-state index in [1.54, 1.807) is 24.4 Å². The van der Waals surface area contributed by atoms with Gasteiger partial charge >= 0.3 is 0 Å². The van der Waals surface area contributed by atoms with Gasteiger partial charge < -0.3 is 10.1 Å². The first-order chi connectivity index (χ1) is 10.1. The minimum absolute atomic E-state index is 0.164. The van der Waals surface area contributed by atoms with Crippen LogP contribution < -0.4 is 10.1 Å². The first kappa shape index (κ1) is 15.4. The fourth-order valence-corrected chi connectivity index (χ4v) is 2.51. The first-order valence-corrected chi connectivity index (χ1v) is 7.55. The smallest absolute Gasteiger partial charge is 0.254 e. The minimum Gasteiger partial charge on any atom is -0.489 e. The van der Waals surface area contributed by atoms with Gasteiger partial charge in [-0.15, -0.1) is 0 Å². The molecule has 0 spiro atoms. The van der Waals surface area contributed by atoms with Gasteiger partial charge in [-0.3, -0.25) is 4.79 Å². The van der Waals surface area contributed by atoms with Crippen molar-refractivity contribution in [1.29, 1.82) is 0 Å². The van der Waals surface area contributed by atoms with Gasteiger partial charge in [0, 0.05) is 11.4 Å². The Morgan fingerprint density at radius 2 is 2.33 bits per heavy atom. The number of nitrogens with one attached hydrogen (secondary N) is 1. The second kappa shape index (κ2) is 7.17. The molecule has 0 aliphatic heterocycles. The molecule has 0 fully saturated rings. The number of carbonyl (C=O) groups is 1. The van der Waals surface area contributed by atoms with Gasteiger partial charge in [0.05, 0.1) is 17.8 Å². The van der Waals surface area contributed by atoms with Gasteiger partial charge in [-0.25, -0.2) is 4.39 Å². The highest BCUT2D eigenvalue weighted by Gasteiger charge is 2.14. The molecule has 2 aromatic rings. The van der Waals surface area contributed by atoms with E-state index in [1.165, 1.54) is 23.7 Å². The van der Waals surface area contributed by atoms with Crippen LogP contribution in [-0.2, 0) is 0 Å². The summed E-state index contributed by atoms with van der Waals surface area (Å²) in [4.78, 5) is 12.0. The molecule has 0 radical (unpaired) electrons. The molecule has 1 aromatic carbocycles. The van der Waals surface area contributed by atoms with E-state index in [9.17, 15) is 9.18 Å². The van der Waals surface area contributed by atoms with Crippen molar-refractivity contribution in [2.75, 3.05) is 6.54 Å². The molecule has 0 saturated heterocycles. The zero-order valence-corrected chi connectivity index (χ0v) is 12.7. The summed E-state index contributed by atoms with van der Waals surface area (Å²) in [5.74, 6) is -0.0432. The predicted octanol–water partition coefficient (Wildman–Crippen LogP) is 3.18. The van der Waals surface area contributed by atoms with Gasteiger partial charge in [0.15, 0.2) is 0 Å². The average Bonchev–Trinajstić information content (AvgIpc) is 2.89. The second-order valence-electron chi connectivity index (χ2n) is 4.63. The van der Waals surface area contributed by atoms with Crippen LogP contribution in [0.15, 0.2) is 29.6 Å². The van der Waals surface area contributed by atoms with Crippen LogP contribution in [0, 0.1) is 12.7 Å². The maximum atomic E-state index is 13.1. The Morgan fingerprint density at radius 3 is 2.95 bits per heavy atom. The zero-order valence-electron chi connectivity index (χ0n) is 11.9. The number of carbonyl (C=O) groups excluding carboxylic acids is 1. The van der Waals surface area contributed by atoms with E-state index >= 15 is 0 Å². The molecule has 1 heterocycles. The third kappa shape index (κ3) is 4.26. The molecule has 4 nitrogen and oxygen atoms in total. The van der Waals surface area contributed by atoms with Gasteiger partial charge in [-0.2, -0.15) is 4.37 Å². The average molecular weight is 308 g/mol. The van der Waals surface area contributed by atoms with Crippen molar-refractivity contribution in [3.8, 4) is 5.75 Å². The number of amides is 1. The van der Waals surface area contributed by atoms with E-state index in [-0.39, 0.29) is 17.8 Å². The Morgan fingerprint density at radius 1 is 1.52 bits per heavy atom. The predicted molar refractivity (Wildman–Crippen MR) is 80.3 cm³/mol. The van der Waals surface area contributed by atoms with Crippen molar-refractivity contribution in [2.45, 2.75) is 26.4 Å². The maximum Gasteiger partial charge on any atom is 0.254 e. The summed E-state index contributed by atoms with van der Waals surface area (Å²) in [7, 11) is 0. The van der Waals surface area contributed by atoms with Gasteiger partial charge in [-0.05, 0) is 37.0 Å². The Labute approximate surface area is 127 Å². The highest BCUT2D eigenvalue weighted by Crippen LogP contribution is 2.15. The fraction of sp³-hybridized carbons (Fsp3) is 0.333. The monoisotopic (exact) mass is 308 g/mol. The summed E-state index contributed by atoms with van der Waals surface area (Å²) in [5, 5.41) is 4.54. The van der Waals surface area contributed by atoms with Crippen molar-refractivity contribution in [3.63, 3.8) is 0 Å². The summed E-state index contributed by atoms with van der Waals surface area (Å²) in [5.41, 5.74) is 1.30. The summed E-state index contributed by atoms with van der Waals surface area (Å²) in [6.45, 7) is 4.11. The molecular formula is C15H17FN2O2S. The standard InChI is InChI=1S/C15H17FN2O2S/c1-3-12(20-13-6-4-5-11(16)7-13)8-17-15(19)14-9-21-18-10(14)2/h4-7,9,12H,3,8H2,1-2H3,(H,17,19). The second-order valence-corrected chi connectivity index (χ2v) is 5.26. The first-order valence-electron chi connectivity index (χ1n) is 6.71. The van der Waals surface area contributed by atoms with E-state index < -0.39 is 0 Å². The summed E-state index contributed by atoms with van der Waals surface area (Å²) < 4.78 is 22.9. The number of hydrogen-bond acceptors (Lipinski definition) is 4. The van der Waals surface area contributed by atoms with E-state index in [0.29, 0.717) is 24.3 Å². The molecule has 6 heteroatoms. The van der Waals surface area contributed by atoms with Crippen LogP contribution in [0.5, 0.6) is 5.75 Å². The van der Waals surface area contributed by atoms with Crippen LogP contribution >= 0.6 is 11.5 Å². The number of halogens is 1. The normalized spacial score (nSPS) is 12.0. The molecule has 1 atom stereocenters. The highest BCUT2D eigenvalue weighted by atomic mass is 32.1. The Kier molecular flexibility index (Phi) is 5.27. The largest absolute Gasteiger partial charge is 0.489 e. The van der Waals surface area contributed by atoms with Crippen LogP contribution in [-0.4, -0.2) is 22.9 Å². The summed E-state index contributed by atoms with van der Waals surface area (Å²) in [6, 6.07) is 5.98. The molecule has 21 heavy (non-hydrogen) atoms. The lowest BCUT2D eigenvalue weighted by Crippen LogP contribution is -2.35. The van der Waals surface area contributed by atoms with E-state index in [1.807, 2.05) is 6.92 Å². The quantitative estimate of drug-likeness (QED) is 0.891. The van der Waals surface area contributed by atoms with Crippen LogP contribution in [0.4, 0.5) is 4.39 Å². The van der Waals surface area contributed by atoms with Crippen LogP contribution in [0.2, 0.25) is 0 Å². The van der Waals surface area contributed by atoms with Crippen LogP contribution in [0.3, 0.4) is 0 Å². The number of hydrogen-bond donors (Lipinski definition) is 1. The number of benzene rings is 1. The molecular weight excluding hydrogens is 291 g/mol. The SMILES string of the molecule is CCC(CNC(=O)c1csnc1C)Oc1cccc(F)c1. The van der Waals surface area contributed by atoms with Gasteiger partial charge in [-0.1, -0.05) is 13.0 Å².